The molecule has 4 nitrogen and oxygen atoms in total. The first-order chi connectivity index (χ1) is 10.7. The van der Waals surface area contributed by atoms with Crippen molar-refractivity contribution in [3.05, 3.63) is 66.2 Å². The first-order valence-electron chi connectivity index (χ1n) is 6.92. The molecule has 1 saturated heterocycles. The number of benzene rings is 2. The first kappa shape index (κ1) is 14.5. The summed E-state index contributed by atoms with van der Waals surface area (Å²) in [5, 5.41) is 2.85. The van der Waals surface area contributed by atoms with Crippen molar-refractivity contribution in [2.45, 2.75) is 11.7 Å². The van der Waals surface area contributed by atoms with Crippen LogP contribution in [0.15, 0.2) is 65.7 Å². The molecule has 1 heterocycles. The van der Waals surface area contributed by atoms with Crippen LogP contribution < -0.4 is 5.32 Å². The summed E-state index contributed by atoms with van der Waals surface area (Å²) in [6.45, 7) is 0. The minimum Gasteiger partial charge on any atom is -0.304 e. The molecule has 0 aromatic heterocycles. The number of nitrogens with zero attached hydrogens (tertiary/aromatic N) is 1. The summed E-state index contributed by atoms with van der Waals surface area (Å²) in [5.41, 5.74) is 1.41. The van der Waals surface area contributed by atoms with Gasteiger partial charge in [-0.1, -0.05) is 60.3 Å². The third kappa shape index (κ3) is 3.43. The van der Waals surface area contributed by atoms with Gasteiger partial charge in [0.25, 0.3) is 0 Å². The van der Waals surface area contributed by atoms with Crippen LogP contribution in [0.4, 0.5) is 5.69 Å². The minimum atomic E-state index is -0.421. The highest BCUT2D eigenvalue weighted by molar-refractivity contribution is 8.15. The fourth-order valence-electron chi connectivity index (χ4n) is 2.12. The van der Waals surface area contributed by atoms with Crippen LogP contribution in [-0.2, 0) is 4.79 Å². The van der Waals surface area contributed by atoms with Crippen molar-refractivity contribution in [2.75, 3.05) is 0 Å². The maximum absolute atomic E-state index is 12.2. The highest BCUT2D eigenvalue weighted by atomic mass is 32.2. The van der Waals surface area contributed by atoms with Gasteiger partial charge in [-0.2, -0.15) is 0 Å². The minimum absolute atomic E-state index is 0.0331. The SMILES string of the molecule is O=C(CC1SC(=Nc2ccccc2)NC1=O)c1ccccc1. The Kier molecular flexibility index (Phi) is 4.34. The van der Waals surface area contributed by atoms with Crippen LogP contribution in [0.1, 0.15) is 16.8 Å². The van der Waals surface area contributed by atoms with Crippen molar-refractivity contribution in [2.24, 2.45) is 4.99 Å². The monoisotopic (exact) mass is 310 g/mol. The lowest BCUT2D eigenvalue weighted by molar-refractivity contribution is -0.118. The van der Waals surface area contributed by atoms with E-state index in [1.165, 1.54) is 11.8 Å². The smallest absolute Gasteiger partial charge is 0.240 e. The summed E-state index contributed by atoms with van der Waals surface area (Å²) in [4.78, 5) is 28.5. The Labute approximate surface area is 132 Å². The van der Waals surface area contributed by atoms with Gasteiger partial charge < -0.3 is 5.32 Å². The van der Waals surface area contributed by atoms with Crippen LogP contribution in [-0.4, -0.2) is 22.1 Å². The van der Waals surface area contributed by atoms with E-state index in [9.17, 15) is 9.59 Å². The van der Waals surface area contributed by atoms with E-state index in [1.807, 2.05) is 48.5 Å². The summed E-state index contributed by atoms with van der Waals surface area (Å²) >= 11 is 1.31. The van der Waals surface area contributed by atoms with Gasteiger partial charge in [0.15, 0.2) is 11.0 Å². The van der Waals surface area contributed by atoms with E-state index >= 15 is 0 Å². The van der Waals surface area contributed by atoms with E-state index < -0.39 is 5.25 Å². The van der Waals surface area contributed by atoms with Gasteiger partial charge in [0.2, 0.25) is 5.91 Å². The molecule has 1 aliphatic rings. The number of aliphatic imine (C=N–C) groups is 1. The van der Waals surface area contributed by atoms with Crippen molar-refractivity contribution in [1.29, 1.82) is 0 Å². The number of thioether (sulfide) groups is 1. The summed E-state index contributed by atoms with van der Waals surface area (Å²) in [7, 11) is 0. The molecule has 0 bridgehead atoms. The zero-order valence-corrected chi connectivity index (χ0v) is 12.5. The second-order valence-corrected chi connectivity index (χ2v) is 6.03. The fourth-order valence-corrected chi connectivity index (χ4v) is 3.11. The van der Waals surface area contributed by atoms with Gasteiger partial charge in [-0.15, -0.1) is 0 Å². The van der Waals surface area contributed by atoms with Crippen molar-refractivity contribution in [3.63, 3.8) is 0 Å². The number of hydrogen-bond donors (Lipinski definition) is 1. The van der Waals surface area contributed by atoms with Gasteiger partial charge in [-0.25, -0.2) is 4.99 Å². The first-order valence-corrected chi connectivity index (χ1v) is 7.80. The van der Waals surface area contributed by atoms with Gasteiger partial charge in [0.1, 0.15) is 0 Å². The van der Waals surface area contributed by atoms with Gasteiger partial charge in [-0.05, 0) is 12.1 Å². The molecule has 0 spiro atoms. The average molecular weight is 310 g/mol. The maximum Gasteiger partial charge on any atom is 0.240 e. The summed E-state index contributed by atoms with van der Waals surface area (Å²) in [5.74, 6) is -0.196. The number of hydrogen-bond acceptors (Lipinski definition) is 4. The summed E-state index contributed by atoms with van der Waals surface area (Å²) < 4.78 is 0. The highest BCUT2D eigenvalue weighted by Crippen LogP contribution is 2.26. The van der Waals surface area contributed by atoms with E-state index in [0.717, 1.165) is 5.69 Å². The molecule has 110 valence electrons. The fraction of sp³-hybridized carbons (Fsp3) is 0.118. The molecule has 1 fully saturated rings. The molecule has 2 aromatic carbocycles. The van der Waals surface area contributed by atoms with Gasteiger partial charge >= 0.3 is 0 Å². The molecular weight excluding hydrogens is 296 g/mol. The molecule has 22 heavy (non-hydrogen) atoms. The molecule has 0 aliphatic carbocycles. The van der Waals surface area contributed by atoms with Crippen molar-refractivity contribution in [1.82, 2.24) is 5.32 Å². The van der Waals surface area contributed by atoms with Crippen LogP contribution in [0.5, 0.6) is 0 Å². The van der Waals surface area contributed by atoms with Crippen LogP contribution >= 0.6 is 11.8 Å². The van der Waals surface area contributed by atoms with E-state index in [-0.39, 0.29) is 18.1 Å². The van der Waals surface area contributed by atoms with Crippen LogP contribution in [0.2, 0.25) is 0 Å². The number of Topliss-reactive ketones (excluding diaryl/α,β-unsaturated/α-hetero) is 1. The van der Waals surface area contributed by atoms with E-state index in [4.69, 9.17) is 0 Å². The van der Waals surface area contributed by atoms with Crippen LogP contribution in [0.3, 0.4) is 0 Å². The molecule has 3 rings (SSSR count). The topological polar surface area (TPSA) is 58.5 Å². The lowest BCUT2D eigenvalue weighted by atomic mass is 10.1. The number of amides is 1. The Bertz CT molecular complexity index is 714. The number of amidine groups is 1. The van der Waals surface area contributed by atoms with Crippen LogP contribution in [0.25, 0.3) is 0 Å². The Morgan fingerprint density at radius 2 is 1.68 bits per heavy atom. The number of carbonyl (C=O) groups excluding carboxylic acids is 2. The lowest BCUT2D eigenvalue weighted by Gasteiger charge is -2.04. The second kappa shape index (κ2) is 6.58. The molecule has 1 aliphatic heterocycles. The Balaban J connectivity index is 1.68. The molecule has 0 radical (unpaired) electrons. The molecule has 2 aromatic rings. The van der Waals surface area contributed by atoms with Crippen molar-refractivity contribution in [3.8, 4) is 0 Å². The quantitative estimate of drug-likeness (QED) is 0.882. The predicted octanol–water partition coefficient (Wildman–Crippen LogP) is 3.18. The molecule has 1 amide bonds. The lowest BCUT2D eigenvalue weighted by Crippen LogP contribution is -2.26. The average Bonchev–Trinajstić information content (AvgIpc) is 2.88. The standard InChI is InChI=1S/C17H14N2O2S/c20-14(12-7-3-1-4-8-12)11-15-16(21)19-17(22-15)18-13-9-5-2-6-10-13/h1-10,15H,11H2,(H,18,19,21). The Hall–Kier alpha value is -2.40. The van der Waals surface area contributed by atoms with Gasteiger partial charge in [0, 0.05) is 12.0 Å². The number of para-hydroxylation sites is 1. The molecule has 0 saturated carbocycles. The Morgan fingerprint density at radius 1 is 1.05 bits per heavy atom. The number of nitrogens with one attached hydrogen (secondary N) is 1. The zero-order chi connectivity index (χ0) is 15.4. The van der Waals surface area contributed by atoms with Crippen molar-refractivity contribution >= 4 is 34.3 Å². The normalized spacial score (nSPS) is 19.2. The van der Waals surface area contributed by atoms with E-state index in [2.05, 4.69) is 10.3 Å². The highest BCUT2D eigenvalue weighted by Gasteiger charge is 2.32. The summed E-state index contributed by atoms with van der Waals surface area (Å²) in [6, 6.07) is 18.4. The third-order valence-electron chi connectivity index (χ3n) is 3.23. The summed E-state index contributed by atoms with van der Waals surface area (Å²) in [6.07, 6.45) is 0.175. The van der Waals surface area contributed by atoms with E-state index in [0.29, 0.717) is 10.7 Å². The third-order valence-corrected chi connectivity index (χ3v) is 4.31. The van der Waals surface area contributed by atoms with Crippen LogP contribution in [0, 0.1) is 0 Å². The molecule has 1 atom stereocenters. The molecule has 1 N–H and O–H groups in total. The van der Waals surface area contributed by atoms with Gasteiger partial charge in [0.05, 0.1) is 10.9 Å². The zero-order valence-electron chi connectivity index (χ0n) is 11.7. The van der Waals surface area contributed by atoms with Gasteiger partial charge in [-0.3, -0.25) is 9.59 Å². The Morgan fingerprint density at radius 3 is 2.36 bits per heavy atom. The second-order valence-electron chi connectivity index (χ2n) is 4.84. The van der Waals surface area contributed by atoms with E-state index in [1.54, 1.807) is 12.1 Å². The number of ketones is 1. The maximum atomic E-state index is 12.2. The molecular formula is C17H14N2O2S. The largest absolute Gasteiger partial charge is 0.304 e. The van der Waals surface area contributed by atoms with Crippen molar-refractivity contribution < 1.29 is 9.59 Å². The predicted molar refractivity (Wildman–Crippen MR) is 88.4 cm³/mol. The number of rotatable bonds is 4. The number of carbonyl (C=O) groups is 2. The molecule has 5 heteroatoms. The molecule has 1 unspecified atom stereocenters.